The molecular weight excluding hydrogens is 755 g/mol. The van der Waals surface area contributed by atoms with Crippen molar-refractivity contribution >= 4 is 41.0 Å². The van der Waals surface area contributed by atoms with E-state index in [-0.39, 0.29) is 73.9 Å². The van der Waals surface area contributed by atoms with Gasteiger partial charge in [-0.3, -0.25) is 28.9 Å². The molecule has 7 atom stereocenters. The number of aromatic nitrogens is 1. The molecule has 0 aliphatic carbocycles. The lowest BCUT2D eigenvalue weighted by Crippen LogP contribution is -2.58. The number of carbonyl (C=O) groups is 5. The van der Waals surface area contributed by atoms with E-state index in [4.69, 9.17) is 9.47 Å². The van der Waals surface area contributed by atoms with E-state index in [0.717, 1.165) is 42.7 Å². The quantitative estimate of drug-likeness (QED) is 0.0632. The van der Waals surface area contributed by atoms with Gasteiger partial charge in [-0.1, -0.05) is 66.0 Å². The van der Waals surface area contributed by atoms with Crippen LogP contribution >= 0.6 is 11.3 Å². The Hall–Kier alpha value is -4.12. The van der Waals surface area contributed by atoms with Crippen molar-refractivity contribution in [2.75, 3.05) is 33.5 Å². The third kappa shape index (κ3) is 14.6. The number of nitrogens with zero attached hydrogens (tertiary/aromatic N) is 3. The minimum absolute atomic E-state index is 0.0286. The van der Waals surface area contributed by atoms with E-state index >= 15 is 0 Å². The summed E-state index contributed by atoms with van der Waals surface area (Å²) in [6.07, 6.45) is 3.84. The number of aliphatic hydroxyl groups is 1. The van der Waals surface area contributed by atoms with E-state index in [9.17, 15) is 39.3 Å². The summed E-state index contributed by atoms with van der Waals surface area (Å²) in [5, 5.41) is 36.7. The third-order valence-corrected chi connectivity index (χ3v) is 11.6. The van der Waals surface area contributed by atoms with Crippen LogP contribution in [0.3, 0.4) is 0 Å². The number of phenolic OH excluding ortho intramolecular Hbond substituents is 1. The van der Waals surface area contributed by atoms with Gasteiger partial charge in [0.15, 0.2) is 6.10 Å². The molecular formula is C41H63N5O10S. The first-order chi connectivity index (χ1) is 27.1. The van der Waals surface area contributed by atoms with Crippen LogP contribution in [-0.4, -0.2) is 117 Å². The number of likely N-dealkylation sites (N-methyl/N-ethyl adjacent to an activating group) is 1. The number of likely N-dealkylation sites (tertiary alicyclic amines) is 1. The van der Waals surface area contributed by atoms with Gasteiger partial charge in [0.2, 0.25) is 11.8 Å². The zero-order chi connectivity index (χ0) is 42.2. The minimum Gasteiger partial charge on any atom is -0.508 e. The number of ether oxygens (including phenoxy) is 2. The molecule has 1 aromatic heterocycles. The maximum Gasteiger partial charge on any atom is 0.306 e. The summed E-state index contributed by atoms with van der Waals surface area (Å²) in [4.78, 5) is 74.4. The molecule has 2 aromatic rings. The lowest BCUT2D eigenvalue weighted by atomic mass is 9.92. The lowest BCUT2D eigenvalue weighted by Gasteiger charge is -2.39. The number of amides is 3. The van der Waals surface area contributed by atoms with Gasteiger partial charge in [-0.05, 0) is 68.8 Å². The zero-order valence-corrected chi connectivity index (χ0v) is 35.3. The van der Waals surface area contributed by atoms with Crippen LogP contribution in [0.5, 0.6) is 5.75 Å². The average Bonchev–Trinajstić information content (AvgIpc) is 3.56. The molecule has 1 unspecified atom stereocenters. The van der Waals surface area contributed by atoms with Gasteiger partial charge in [0.25, 0.3) is 5.91 Å². The number of nitrogens with one attached hydrogen (secondary N) is 2. The number of thiazole rings is 1. The van der Waals surface area contributed by atoms with Crippen LogP contribution in [0.4, 0.5) is 0 Å². The van der Waals surface area contributed by atoms with Crippen LogP contribution in [-0.2, 0) is 35.1 Å². The van der Waals surface area contributed by atoms with Gasteiger partial charge >= 0.3 is 11.9 Å². The van der Waals surface area contributed by atoms with E-state index in [2.05, 4.69) is 15.6 Å². The third-order valence-electron chi connectivity index (χ3n) is 10.6. The SMILES string of the molecule is CCC(C)[C@H](NC(=O)[C@H]1CCCCCN1C)C(=O)N(COCCO)[C@H](C[C@@H](OC(C)=O)c1nc(C(=O)N[C@@H](Cc2ccc(O)cc2)C[C@H](C)C(=O)O)cs1)C(C)C. The number of phenols is 1. The molecule has 0 saturated carbocycles. The highest BCUT2D eigenvalue weighted by Gasteiger charge is 2.39. The molecule has 1 fully saturated rings. The monoisotopic (exact) mass is 817 g/mol. The summed E-state index contributed by atoms with van der Waals surface area (Å²) in [6.45, 7) is 10.9. The second-order valence-electron chi connectivity index (χ2n) is 15.5. The molecule has 1 aliphatic rings. The highest BCUT2D eigenvalue weighted by Crippen LogP contribution is 2.32. The molecule has 2 heterocycles. The number of hydrogen-bond acceptors (Lipinski definition) is 12. The second kappa shape index (κ2) is 23.3. The summed E-state index contributed by atoms with van der Waals surface area (Å²) in [7, 11) is 1.93. The van der Waals surface area contributed by atoms with Crippen LogP contribution in [0, 0.1) is 17.8 Å². The molecule has 318 valence electrons. The minimum atomic E-state index is -1.00. The molecule has 1 aromatic carbocycles. The van der Waals surface area contributed by atoms with Crippen molar-refractivity contribution in [1.82, 2.24) is 25.4 Å². The lowest BCUT2D eigenvalue weighted by molar-refractivity contribution is -0.153. The number of rotatable bonds is 22. The van der Waals surface area contributed by atoms with Crippen LogP contribution < -0.4 is 10.6 Å². The Labute approximate surface area is 340 Å². The molecule has 16 heteroatoms. The second-order valence-corrected chi connectivity index (χ2v) is 16.4. The molecule has 15 nitrogen and oxygen atoms in total. The first-order valence-electron chi connectivity index (χ1n) is 20.0. The molecule has 0 bridgehead atoms. The van der Waals surface area contributed by atoms with Crippen molar-refractivity contribution in [3.05, 3.63) is 45.9 Å². The summed E-state index contributed by atoms with van der Waals surface area (Å²) in [5.74, 6) is -3.80. The largest absolute Gasteiger partial charge is 0.508 e. The molecule has 0 radical (unpaired) electrons. The van der Waals surface area contributed by atoms with Crippen LogP contribution in [0.2, 0.25) is 0 Å². The number of carboxylic acids is 1. The molecule has 3 rings (SSSR count). The van der Waals surface area contributed by atoms with Gasteiger partial charge in [-0.2, -0.15) is 0 Å². The fourth-order valence-electron chi connectivity index (χ4n) is 7.06. The van der Waals surface area contributed by atoms with Crippen LogP contribution in [0.25, 0.3) is 0 Å². The number of hydrogen-bond donors (Lipinski definition) is 5. The average molecular weight is 818 g/mol. The Bertz CT molecular complexity index is 1600. The predicted molar refractivity (Wildman–Crippen MR) is 215 cm³/mol. The van der Waals surface area contributed by atoms with Crippen molar-refractivity contribution in [1.29, 1.82) is 0 Å². The van der Waals surface area contributed by atoms with Gasteiger partial charge < -0.3 is 40.3 Å². The molecule has 1 aliphatic heterocycles. The first-order valence-corrected chi connectivity index (χ1v) is 20.9. The van der Waals surface area contributed by atoms with E-state index in [1.807, 2.05) is 39.6 Å². The number of aliphatic carboxylic acids is 1. The predicted octanol–water partition coefficient (Wildman–Crippen LogP) is 4.52. The summed E-state index contributed by atoms with van der Waals surface area (Å²) >= 11 is 1.12. The molecule has 1 saturated heterocycles. The van der Waals surface area contributed by atoms with E-state index < -0.39 is 48.0 Å². The summed E-state index contributed by atoms with van der Waals surface area (Å²) < 4.78 is 11.6. The Morgan fingerprint density at radius 3 is 2.35 bits per heavy atom. The number of esters is 1. The van der Waals surface area contributed by atoms with Crippen molar-refractivity contribution < 1.29 is 48.8 Å². The topological polar surface area (TPSA) is 208 Å². The standard InChI is InChI=1S/C41H63N5O10S/c1-8-26(4)36(44-38(51)33-12-10-9-11-17-45(33)7)40(52)46(24-55-19-18-47)34(25(2)3)22-35(56-28(6)48)39-43-32(23-57-39)37(50)42-30(20-27(5)41(53)54)21-29-13-15-31(49)16-14-29/h13-16,23,25-27,30,33-36,47,49H,8-12,17-22,24H2,1-7H3,(H,42,50)(H,44,51)(H,53,54)/t26?,27-,30+,33+,34+,35+,36-/m0/s1. The Kier molecular flexibility index (Phi) is 19.3. The first kappa shape index (κ1) is 47.3. The molecule has 5 N–H and O–H groups in total. The highest BCUT2D eigenvalue weighted by atomic mass is 32.1. The van der Waals surface area contributed by atoms with Gasteiger partial charge in [0.05, 0.1) is 25.2 Å². The number of aromatic hydroxyl groups is 1. The van der Waals surface area contributed by atoms with E-state index in [0.29, 0.717) is 24.3 Å². The molecule has 0 spiro atoms. The number of aliphatic hydroxyl groups excluding tert-OH is 1. The van der Waals surface area contributed by atoms with Gasteiger partial charge in [0, 0.05) is 30.8 Å². The number of carboxylic acid groups (broad SMARTS) is 1. The van der Waals surface area contributed by atoms with Gasteiger partial charge in [0.1, 0.15) is 29.2 Å². The summed E-state index contributed by atoms with van der Waals surface area (Å²) in [5.41, 5.74) is 0.840. The van der Waals surface area contributed by atoms with Crippen molar-refractivity contribution in [3.63, 3.8) is 0 Å². The highest BCUT2D eigenvalue weighted by molar-refractivity contribution is 7.09. The van der Waals surface area contributed by atoms with Gasteiger partial charge in [-0.15, -0.1) is 11.3 Å². The van der Waals surface area contributed by atoms with E-state index in [1.165, 1.54) is 24.4 Å². The zero-order valence-electron chi connectivity index (χ0n) is 34.4. The summed E-state index contributed by atoms with van der Waals surface area (Å²) in [6, 6.07) is 4.03. The Balaban J connectivity index is 1.92. The fraction of sp³-hybridized carbons (Fsp3) is 0.659. The number of carbonyl (C=O) groups excluding carboxylic acids is 4. The van der Waals surface area contributed by atoms with Gasteiger partial charge in [-0.25, -0.2) is 4.98 Å². The van der Waals surface area contributed by atoms with Crippen molar-refractivity contribution in [2.24, 2.45) is 17.8 Å². The van der Waals surface area contributed by atoms with Crippen molar-refractivity contribution in [2.45, 2.75) is 123 Å². The smallest absolute Gasteiger partial charge is 0.306 e. The van der Waals surface area contributed by atoms with Crippen LogP contribution in [0.1, 0.15) is 114 Å². The number of benzene rings is 1. The molecule has 57 heavy (non-hydrogen) atoms. The molecule has 3 amide bonds. The fourth-order valence-corrected chi connectivity index (χ4v) is 7.90. The van der Waals surface area contributed by atoms with Crippen molar-refractivity contribution in [3.8, 4) is 5.75 Å². The van der Waals surface area contributed by atoms with E-state index in [1.54, 1.807) is 24.0 Å². The Morgan fingerprint density at radius 2 is 1.74 bits per heavy atom. The Morgan fingerprint density at radius 1 is 1.04 bits per heavy atom. The van der Waals surface area contributed by atoms with Crippen LogP contribution in [0.15, 0.2) is 29.6 Å². The maximum atomic E-state index is 14.7. The normalized spacial score (nSPS) is 18.0. The maximum absolute atomic E-state index is 14.7.